The molecule has 2 amide bonds. The van der Waals surface area contributed by atoms with Crippen molar-refractivity contribution in [2.24, 2.45) is 4.99 Å². The molecular formula is C52H58ClN11O8S. The van der Waals surface area contributed by atoms with Gasteiger partial charge in [-0.05, 0) is 83.5 Å². The lowest BCUT2D eigenvalue weighted by atomic mass is 9.99. The first-order valence-corrected chi connectivity index (χ1v) is 25.0. The van der Waals surface area contributed by atoms with Crippen LogP contribution in [0.5, 0.6) is 5.75 Å². The Morgan fingerprint density at radius 3 is 2.23 bits per heavy atom. The number of amidine groups is 2. The number of thiophene rings is 1. The van der Waals surface area contributed by atoms with E-state index in [2.05, 4.69) is 20.8 Å². The van der Waals surface area contributed by atoms with Gasteiger partial charge < -0.3 is 34.1 Å². The summed E-state index contributed by atoms with van der Waals surface area (Å²) in [5.41, 5.74) is 7.54. The summed E-state index contributed by atoms with van der Waals surface area (Å²) in [5.74, 6) is 0.726. The average molecular weight is 1030 g/mol. The number of halogens is 1. The molecule has 1 aliphatic rings. The van der Waals surface area contributed by atoms with Gasteiger partial charge in [-0.15, -0.1) is 11.3 Å². The first kappa shape index (κ1) is 52.2. The second-order valence-corrected chi connectivity index (χ2v) is 19.1. The lowest BCUT2D eigenvalue weighted by Crippen LogP contribution is -2.42. The Labute approximate surface area is 430 Å². The van der Waals surface area contributed by atoms with Gasteiger partial charge in [0.1, 0.15) is 40.8 Å². The molecule has 7 aromatic rings. The Morgan fingerprint density at radius 1 is 0.918 bits per heavy atom. The number of methoxy groups -OCH3 is 1. The van der Waals surface area contributed by atoms with Crippen molar-refractivity contribution in [2.45, 2.75) is 66.6 Å². The zero-order valence-corrected chi connectivity index (χ0v) is 43.3. The monoisotopic (exact) mass is 1030 g/mol. The minimum absolute atomic E-state index is 0.0529. The molecule has 0 spiro atoms. The molecule has 4 N–H and O–H groups in total. The third-order valence-corrected chi connectivity index (χ3v) is 14.0. The number of nitrogens with one attached hydrogen (secondary N) is 4. The molecule has 21 heteroatoms. The highest BCUT2D eigenvalue weighted by Gasteiger charge is 2.35. The normalized spacial score (nSPS) is 14.0. The number of aromatic nitrogens is 5. The molecular weight excluding hydrogens is 974 g/mol. The summed E-state index contributed by atoms with van der Waals surface area (Å²) in [6.45, 7) is 13.1. The van der Waals surface area contributed by atoms with Gasteiger partial charge in [-0.2, -0.15) is 0 Å². The summed E-state index contributed by atoms with van der Waals surface area (Å²) in [4.78, 5) is 57.8. The van der Waals surface area contributed by atoms with Gasteiger partial charge in [-0.1, -0.05) is 35.0 Å². The largest absolute Gasteiger partial charge is 0.496 e. The number of aliphatic imine (C=N–C) groups is 1. The molecule has 1 aliphatic heterocycles. The quantitative estimate of drug-likeness (QED) is 0.0314. The number of amides is 2. The Kier molecular flexibility index (Phi) is 16.6. The molecule has 19 nitrogen and oxygen atoms in total. The summed E-state index contributed by atoms with van der Waals surface area (Å²) in [5, 5.41) is 29.5. The highest BCUT2D eigenvalue weighted by atomic mass is 35.5. The van der Waals surface area contributed by atoms with Crippen LogP contribution in [0.4, 0.5) is 5.00 Å². The first-order chi connectivity index (χ1) is 35.2. The number of ether oxygens (including phenoxy) is 4. The van der Waals surface area contributed by atoms with E-state index >= 15 is 0 Å². The van der Waals surface area contributed by atoms with Crippen LogP contribution in [-0.4, -0.2) is 119 Å². The number of rotatable bonds is 21. The number of carbonyl (C=O) groups excluding carboxylic acids is 2. The predicted molar refractivity (Wildman–Crippen MR) is 282 cm³/mol. The second kappa shape index (κ2) is 23.2. The maximum absolute atomic E-state index is 14.3. The molecule has 2 unspecified atom stereocenters. The van der Waals surface area contributed by atoms with E-state index in [0.29, 0.717) is 75.4 Å². The summed E-state index contributed by atoms with van der Waals surface area (Å²) in [6.07, 6.45) is 3.20. The molecule has 0 saturated carbocycles. The number of aryl methyl sites for hydroxylation is 3. The highest BCUT2D eigenvalue weighted by Crippen LogP contribution is 2.41. The van der Waals surface area contributed by atoms with Crippen molar-refractivity contribution in [1.29, 1.82) is 10.8 Å². The zero-order valence-electron chi connectivity index (χ0n) is 41.8. The number of nitrogens with zero attached hydrogens (tertiary/aromatic N) is 7. The predicted octanol–water partition coefficient (Wildman–Crippen LogP) is 7.34. The van der Waals surface area contributed by atoms with Gasteiger partial charge in [0.25, 0.3) is 0 Å². The molecule has 0 bridgehead atoms. The fourth-order valence-electron chi connectivity index (χ4n) is 8.88. The van der Waals surface area contributed by atoms with E-state index in [-0.39, 0.29) is 69.4 Å². The SMILES string of the molecule is COc1cc2c(cc1-c1c(C)noc1C)ncc1c2n(C(C)c2ccccn2)c(=O)n1CC(=O)NCCOCCOCCOCCNC(=O)CC1N=C(c2ccc(Cl)cc2)c2c(sc(C)c2C)N(C(C)=N)C1=N. The van der Waals surface area contributed by atoms with E-state index in [4.69, 9.17) is 55.9 Å². The lowest BCUT2D eigenvalue weighted by molar-refractivity contribution is -0.122. The van der Waals surface area contributed by atoms with Crippen LogP contribution in [0.15, 0.2) is 81.3 Å². The third kappa shape index (κ3) is 11.3. The van der Waals surface area contributed by atoms with Crippen LogP contribution in [0.3, 0.4) is 0 Å². The number of hydrogen-bond donors (Lipinski definition) is 4. The summed E-state index contributed by atoms with van der Waals surface area (Å²) >= 11 is 7.70. The Morgan fingerprint density at radius 2 is 1.60 bits per heavy atom. The number of carbonyl (C=O) groups is 2. The van der Waals surface area contributed by atoms with Gasteiger partial charge in [0.15, 0.2) is 0 Å². The smallest absolute Gasteiger partial charge is 0.330 e. The molecule has 2 atom stereocenters. The lowest BCUT2D eigenvalue weighted by Gasteiger charge is -2.24. The first-order valence-electron chi connectivity index (χ1n) is 23.8. The number of imidazole rings is 1. The summed E-state index contributed by atoms with van der Waals surface area (Å²) < 4.78 is 31.4. The Bertz CT molecular complexity index is 3250. The maximum Gasteiger partial charge on any atom is 0.330 e. The number of anilines is 1. The molecule has 73 heavy (non-hydrogen) atoms. The van der Waals surface area contributed by atoms with Crippen LogP contribution in [0.2, 0.25) is 5.02 Å². The zero-order chi connectivity index (χ0) is 51.9. The van der Waals surface area contributed by atoms with Gasteiger partial charge in [-0.3, -0.25) is 49.4 Å². The van der Waals surface area contributed by atoms with Crippen molar-refractivity contribution >= 4 is 79.1 Å². The molecule has 382 valence electrons. The summed E-state index contributed by atoms with van der Waals surface area (Å²) in [7, 11) is 1.58. The van der Waals surface area contributed by atoms with Crippen molar-refractivity contribution in [1.82, 2.24) is 34.9 Å². The minimum Gasteiger partial charge on any atom is -0.496 e. The number of hydrogen-bond acceptors (Lipinski definition) is 15. The van der Waals surface area contributed by atoms with Gasteiger partial charge in [0, 0.05) is 51.3 Å². The van der Waals surface area contributed by atoms with Crippen molar-refractivity contribution in [3.05, 3.63) is 121 Å². The van der Waals surface area contributed by atoms with E-state index in [0.717, 1.165) is 37.7 Å². The maximum atomic E-state index is 14.3. The molecule has 6 heterocycles. The van der Waals surface area contributed by atoms with E-state index in [1.54, 1.807) is 48.0 Å². The van der Waals surface area contributed by atoms with Crippen LogP contribution in [0.25, 0.3) is 33.1 Å². The van der Waals surface area contributed by atoms with Gasteiger partial charge in [-0.25, -0.2) is 4.79 Å². The van der Waals surface area contributed by atoms with Crippen LogP contribution in [0, 0.1) is 38.5 Å². The molecule has 0 saturated heterocycles. The molecule has 0 radical (unpaired) electrons. The van der Waals surface area contributed by atoms with Crippen LogP contribution < -0.4 is 26.0 Å². The fourth-order valence-corrected chi connectivity index (χ4v) is 10.2. The van der Waals surface area contributed by atoms with Gasteiger partial charge >= 0.3 is 5.69 Å². The molecule has 8 rings (SSSR count). The van der Waals surface area contributed by atoms with Crippen molar-refractivity contribution in [2.75, 3.05) is 64.7 Å². The molecule has 5 aromatic heterocycles. The molecule has 0 aliphatic carbocycles. The van der Waals surface area contributed by atoms with Crippen molar-refractivity contribution in [3.8, 4) is 16.9 Å². The minimum atomic E-state index is -0.835. The van der Waals surface area contributed by atoms with Crippen LogP contribution in [-0.2, 0) is 30.3 Å². The number of pyridine rings is 2. The van der Waals surface area contributed by atoms with E-state index < -0.39 is 17.8 Å². The van der Waals surface area contributed by atoms with Crippen LogP contribution >= 0.6 is 22.9 Å². The van der Waals surface area contributed by atoms with Crippen molar-refractivity contribution in [3.63, 3.8) is 0 Å². The van der Waals surface area contributed by atoms with Crippen LogP contribution in [0.1, 0.15) is 65.0 Å². The summed E-state index contributed by atoms with van der Waals surface area (Å²) in [6, 6.07) is 15.3. The topological polar surface area (TPSA) is 237 Å². The van der Waals surface area contributed by atoms with E-state index in [1.807, 2.05) is 77.1 Å². The standard InChI is InChI=1S/C52H58ClN11O8S/c1-29-33(5)73-51-46(29)48(35-11-13-36(53)14-12-35)60-41(50(55)64(51)34(6)54)26-44(65)57-16-18-69-20-22-71-23-21-70-19-17-58-45(66)28-62-42-27-59-40-24-38(47-30(2)61-72-32(47)4)43(68-7)25-37(40)49(42)63(52(62)67)31(3)39-10-8-9-15-56-39/h8-15,24-25,27,31,41,54-55H,16-23,26,28H2,1-7H3,(H,57,65)(H,58,66). The van der Waals surface area contributed by atoms with Crippen molar-refractivity contribution < 1.29 is 33.1 Å². The Balaban J connectivity index is 0.784. The fraction of sp³-hybridized carbons (Fsp3) is 0.365. The number of benzene rings is 2. The highest BCUT2D eigenvalue weighted by molar-refractivity contribution is 7.17. The Hall–Kier alpha value is -7.10. The van der Waals surface area contributed by atoms with Gasteiger partial charge in [0.2, 0.25) is 11.8 Å². The number of fused-ring (bicyclic) bond motifs is 4. The molecule has 2 aromatic carbocycles. The molecule has 0 fully saturated rings. The van der Waals surface area contributed by atoms with Gasteiger partial charge in [0.05, 0.1) is 105 Å². The second-order valence-electron chi connectivity index (χ2n) is 17.4. The van der Waals surface area contributed by atoms with E-state index in [1.165, 1.54) is 15.9 Å². The average Bonchev–Trinajstić information content (AvgIpc) is 3.94. The van der Waals surface area contributed by atoms with E-state index in [9.17, 15) is 14.4 Å². The third-order valence-electron chi connectivity index (χ3n) is 12.6.